The zero-order valence-corrected chi connectivity index (χ0v) is 15.5. The predicted octanol–water partition coefficient (Wildman–Crippen LogP) is 3.92. The van der Waals surface area contributed by atoms with Crippen LogP contribution in [0, 0.1) is 0 Å². The maximum absolute atomic E-state index is 11.6. The molecule has 1 aromatic carbocycles. The molecule has 1 rings (SSSR count). The summed E-state index contributed by atoms with van der Waals surface area (Å²) < 4.78 is 5.66. The minimum Gasteiger partial charge on any atom is -0.491 e. The van der Waals surface area contributed by atoms with Gasteiger partial charge in [0.05, 0.1) is 0 Å². The van der Waals surface area contributed by atoms with Crippen molar-refractivity contribution in [1.29, 1.82) is 0 Å². The van der Waals surface area contributed by atoms with Crippen molar-refractivity contribution in [2.24, 2.45) is 0 Å². The van der Waals surface area contributed by atoms with Gasteiger partial charge in [-0.05, 0) is 50.2 Å². The van der Waals surface area contributed by atoms with Gasteiger partial charge in [-0.25, -0.2) is 0 Å². The second-order valence-corrected chi connectivity index (χ2v) is 6.27. The molecule has 0 saturated heterocycles. The van der Waals surface area contributed by atoms with Crippen LogP contribution in [0.4, 0.5) is 0 Å². The third kappa shape index (κ3) is 7.93. The highest BCUT2D eigenvalue weighted by atomic mass is 16.5. The molecule has 1 atom stereocenters. The van der Waals surface area contributed by atoms with Crippen LogP contribution in [0.3, 0.4) is 0 Å². The second kappa shape index (κ2) is 12.0. The van der Waals surface area contributed by atoms with Crippen LogP contribution in [-0.2, 0) is 0 Å². The summed E-state index contributed by atoms with van der Waals surface area (Å²) >= 11 is 0. The van der Waals surface area contributed by atoms with Crippen LogP contribution in [0.1, 0.15) is 63.2 Å². The molecule has 136 valence electrons. The number of nitrogens with zero attached hydrogens (tertiary/aromatic N) is 1. The quantitative estimate of drug-likeness (QED) is 0.555. The minimum atomic E-state index is -0.504. The number of unbranched alkanes of at least 4 members (excludes halogenated alkanes) is 2. The number of hydrogen-bond donors (Lipinski definition) is 1. The normalized spacial score (nSPS) is 12.4. The van der Waals surface area contributed by atoms with Crippen LogP contribution >= 0.6 is 0 Å². The van der Waals surface area contributed by atoms with Gasteiger partial charge >= 0.3 is 0 Å². The molecular weight excluding hydrogens is 302 g/mol. The number of aliphatic hydroxyl groups is 1. The van der Waals surface area contributed by atoms with Gasteiger partial charge < -0.3 is 14.7 Å². The molecule has 0 aliphatic heterocycles. The van der Waals surface area contributed by atoms with Crippen molar-refractivity contribution in [3.05, 3.63) is 29.8 Å². The molecule has 4 heteroatoms. The molecule has 0 bridgehead atoms. The molecule has 4 nitrogen and oxygen atoms in total. The molecule has 0 aliphatic carbocycles. The van der Waals surface area contributed by atoms with E-state index in [2.05, 4.69) is 18.7 Å². The lowest BCUT2D eigenvalue weighted by molar-refractivity contribution is 0.0671. The highest BCUT2D eigenvalue weighted by Gasteiger charge is 2.12. The summed E-state index contributed by atoms with van der Waals surface area (Å²) in [6, 6.07) is 7.15. The Labute approximate surface area is 146 Å². The number of ether oxygens (including phenoxy) is 1. The summed E-state index contributed by atoms with van der Waals surface area (Å²) in [6.07, 6.45) is 4.64. The number of benzene rings is 1. The number of aliphatic hydroxyl groups excluding tert-OH is 1. The maximum Gasteiger partial charge on any atom is 0.162 e. The van der Waals surface area contributed by atoms with E-state index in [1.807, 2.05) is 6.92 Å². The van der Waals surface area contributed by atoms with E-state index in [-0.39, 0.29) is 12.4 Å². The first kappa shape index (κ1) is 20.7. The van der Waals surface area contributed by atoms with Gasteiger partial charge in [0.1, 0.15) is 18.5 Å². The molecule has 0 spiro atoms. The third-order valence-electron chi connectivity index (χ3n) is 4.06. The number of hydrogen-bond acceptors (Lipinski definition) is 4. The topological polar surface area (TPSA) is 49.8 Å². The number of carbonyl (C=O) groups is 1. The van der Waals surface area contributed by atoms with E-state index in [0.29, 0.717) is 24.3 Å². The Hall–Kier alpha value is -1.39. The van der Waals surface area contributed by atoms with Crippen molar-refractivity contribution < 1.29 is 14.6 Å². The monoisotopic (exact) mass is 335 g/mol. The van der Waals surface area contributed by atoms with E-state index in [4.69, 9.17) is 4.74 Å². The highest BCUT2D eigenvalue weighted by Crippen LogP contribution is 2.14. The van der Waals surface area contributed by atoms with Gasteiger partial charge in [0, 0.05) is 18.5 Å². The fraction of sp³-hybridized carbons (Fsp3) is 0.650. The van der Waals surface area contributed by atoms with Gasteiger partial charge in [-0.3, -0.25) is 4.79 Å². The van der Waals surface area contributed by atoms with Gasteiger partial charge in [0.2, 0.25) is 0 Å². The van der Waals surface area contributed by atoms with Crippen LogP contribution in [0.25, 0.3) is 0 Å². The van der Waals surface area contributed by atoms with Gasteiger partial charge in [0.25, 0.3) is 0 Å². The molecule has 1 unspecified atom stereocenters. The first-order valence-corrected chi connectivity index (χ1v) is 9.27. The van der Waals surface area contributed by atoms with Crippen LogP contribution in [0.5, 0.6) is 5.75 Å². The molecule has 0 radical (unpaired) electrons. The Morgan fingerprint density at radius 3 is 2.17 bits per heavy atom. The Bertz CT molecular complexity index is 450. The van der Waals surface area contributed by atoms with Gasteiger partial charge in [0.15, 0.2) is 5.78 Å². The van der Waals surface area contributed by atoms with Gasteiger partial charge in [-0.15, -0.1) is 0 Å². The van der Waals surface area contributed by atoms with Crippen LogP contribution in [-0.4, -0.2) is 48.1 Å². The van der Waals surface area contributed by atoms with Crippen LogP contribution in [0.2, 0.25) is 0 Å². The molecular formula is C20H33NO3. The summed E-state index contributed by atoms with van der Waals surface area (Å²) in [4.78, 5) is 13.9. The van der Waals surface area contributed by atoms with Crippen molar-refractivity contribution >= 4 is 5.78 Å². The molecule has 0 amide bonds. The van der Waals surface area contributed by atoms with Crippen molar-refractivity contribution in [2.45, 2.75) is 59.0 Å². The number of rotatable bonds is 13. The lowest BCUT2D eigenvalue weighted by Crippen LogP contribution is -2.36. The highest BCUT2D eigenvalue weighted by molar-refractivity contribution is 5.95. The zero-order valence-electron chi connectivity index (χ0n) is 15.5. The molecule has 1 N–H and O–H groups in total. The summed E-state index contributed by atoms with van der Waals surface area (Å²) in [5.41, 5.74) is 0.704. The van der Waals surface area contributed by atoms with E-state index in [9.17, 15) is 9.90 Å². The van der Waals surface area contributed by atoms with E-state index in [0.717, 1.165) is 38.8 Å². The standard InChI is InChI=1S/C20H33NO3/c1-4-7-13-21(14-8-5-2)15-18(22)16-24-19-11-9-17(10-12-19)20(23)6-3/h9-12,18,22H,4-8,13-16H2,1-3H3. The minimum absolute atomic E-state index is 0.129. The summed E-state index contributed by atoms with van der Waals surface area (Å²) in [7, 11) is 0. The van der Waals surface area contributed by atoms with Gasteiger partial charge in [-0.1, -0.05) is 33.6 Å². The SMILES string of the molecule is CCCCN(CCCC)CC(O)COc1ccc(C(=O)CC)cc1. The summed E-state index contributed by atoms with van der Waals surface area (Å²) in [5.74, 6) is 0.819. The molecule has 0 heterocycles. The third-order valence-corrected chi connectivity index (χ3v) is 4.06. The Balaban J connectivity index is 2.42. The van der Waals surface area contributed by atoms with E-state index >= 15 is 0 Å². The first-order valence-electron chi connectivity index (χ1n) is 9.27. The second-order valence-electron chi connectivity index (χ2n) is 6.27. The predicted molar refractivity (Wildman–Crippen MR) is 98.8 cm³/mol. The Morgan fingerprint density at radius 2 is 1.67 bits per heavy atom. The summed E-state index contributed by atoms with van der Waals surface area (Å²) in [5, 5.41) is 10.2. The Kier molecular flexibility index (Phi) is 10.4. The zero-order chi connectivity index (χ0) is 17.8. The largest absolute Gasteiger partial charge is 0.491 e. The van der Waals surface area contributed by atoms with Crippen molar-refractivity contribution in [3.8, 4) is 5.75 Å². The fourth-order valence-electron chi connectivity index (χ4n) is 2.54. The van der Waals surface area contributed by atoms with Crippen LogP contribution in [0.15, 0.2) is 24.3 Å². The first-order chi connectivity index (χ1) is 11.6. The number of carbonyl (C=O) groups excluding carboxylic acids is 1. The average Bonchev–Trinajstić information content (AvgIpc) is 2.61. The molecule has 0 aromatic heterocycles. The smallest absolute Gasteiger partial charge is 0.162 e. The van der Waals surface area contributed by atoms with Crippen molar-refractivity contribution in [1.82, 2.24) is 4.90 Å². The van der Waals surface area contributed by atoms with Crippen LogP contribution < -0.4 is 4.74 Å². The summed E-state index contributed by atoms with van der Waals surface area (Å²) in [6.45, 7) is 9.20. The van der Waals surface area contributed by atoms with Crippen molar-refractivity contribution in [2.75, 3.05) is 26.2 Å². The average molecular weight is 335 g/mol. The molecule has 0 fully saturated rings. The maximum atomic E-state index is 11.6. The van der Waals surface area contributed by atoms with E-state index in [1.165, 1.54) is 0 Å². The molecule has 0 saturated carbocycles. The number of Topliss-reactive ketones (excluding diaryl/α,β-unsaturated/α-hetero) is 1. The van der Waals surface area contributed by atoms with E-state index in [1.54, 1.807) is 24.3 Å². The number of ketones is 1. The lowest BCUT2D eigenvalue weighted by atomic mass is 10.1. The van der Waals surface area contributed by atoms with Crippen molar-refractivity contribution in [3.63, 3.8) is 0 Å². The van der Waals surface area contributed by atoms with Gasteiger partial charge in [-0.2, -0.15) is 0 Å². The molecule has 24 heavy (non-hydrogen) atoms. The lowest BCUT2D eigenvalue weighted by Gasteiger charge is -2.25. The Morgan fingerprint density at radius 1 is 1.08 bits per heavy atom. The van der Waals surface area contributed by atoms with E-state index < -0.39 is 6.10 Å². The molecule has 0 aliphatic rings. The fourth-order valence-corrected chi connectivity index (χ4v) is 2.54. The molecule has 1 aromatic rings.